The van der Waals surface area contributed by atoms with E-state index in [4.69, 9.17) is 14.2 Å². The molecule has 10 heteroatoms. The Morgan fingerprint density at radius 2 is 1.70 bits per heavy atom. The molecule has 2 amide bonds. The second-order valence-corrected chi connectivity index (χ2v) is 9.67. The maximum atomic E-state index is 14.3. The molecule has 1 saturated carbocycles. The molecule has 0 bridgehead atoms. The van der Waals surface area contributed by atoms with Gasteiger partial charge in [-0.3, -0.25) is 14.5 Å². The molecule has 0 aliphatic heterocycles. The first kappa shape index (κ1) is 27.0. The molecule has 10 nitrogen and oxygen atoms in total. The fourth-order valence-electron chi connectivity index (χ4n) is 5.29. The molecule has 3 aromatic carbocycles. The third-order valence-electron chi connectivity index (χ3n) is 7.26. The number of methoxy groups -OCH3 is 3. The summed E-state index contributed by atoms with van der Waals surface area (Å²) in [6, 6.07) is 18.8. The Morgan fingerprint density at radius 1 is 0.950 bits per heavy atom. The average molecular weight is 544 g/mol. The lowest BCUT2D eigenvalue weighted by atomic mass is 10.00. The van der Waals surface area contributed by atoms with Crippen molar-refractivity contribution in [1.29, 1.82) is 0 Å². The highest BCUT2D eigenvalue weighted by molar-refractivity contribution is 6.02. The van der Waals surface area contributed by atoms with Gasteiger partial charge in [-0.1, -0.05) is 42.3 Å². The smallest absolute Gasteiger partial charge is 0.249 e. The van der Waals surface area contributed by atoms with E-state index >= 15 is 0 Å². The van der Waals surface area contributed by atoms with Gasteiger partial charge in [-0.15, -0.1) is 5.10 Å². The van der Waals surface area contributed by atoms with Crippen molar-refractivity contribution in [1.82, 2.24) is 20.3 Å². The topological polar surface area (TPSA) is 108 Å². The number of amides is 2. The van der Waals surface area contributed by atoms with Crippen LogP contribution in [0.2, 0.25) is 0 Å². The van der Waals surface area contributed by atoms with Gasteiger partial charge in [0, 0.05) is 17.3 Å². The van der Waals surface area contributed by atoms with Gasteiger partial charge in [0.2, 0.25) is 11.8 Å². The summed E-state index contributed by atoms with van der Waals surface area (Å²) in [4.78, 5) is 29.9. The standard InChI is InChI=1S/C30H33N5O5/c1-38-22-17-15-21(16-18-22)35(27(36)19-34-25-13-7-6-12-24(25)32-33-34)28(30(37)31-20-9-4-5-10-20)23-11-8-14-26(39-2)29(23)40-3/h6-8,11-18,20,28H,4-5,9-10,19H2,1-3H3,(H,31,37)/t28-/m0/s1. The fraction of sp³-hybridized carbons (Fsp3) is 0.333. The molecule has 1 aliphatic rings. The molecular weight excluding hydrogens is 510 g/mol. The highest BCUT2D eigenvalue weighted by atomic mass is 16.5. The van der Waals surface area contributed by atoms with E-state index in [0.29, 0.717) is 34.0 Å². The molecule has 5 rings (SSSR count). The van der Waals surface area contributed by atoms with Gasteiger partial charge in [-0.2, -0.15) is 0 Å². The monoisotopic (exact) mass is 543 g/mol. The molecule has 1 atom stereocenters. The van der Waals surface area contributed by atoms with E-state index < -0.39 is 6.04 Å². The van der Waals surface area contributed by atoms with Crippen molar-refractivity contribution < 1.29 is 23.8 Å². The van der Waals surface area contributed by atoms with Crippen LogP contribution < -0.4 is 24.4 Å². The van der Waals surface area contributed by atoms with Crippen LogP contribution in [0.5, 0.6) is 17.2 Å². The Balaban J connectivity index is 1.63. The van der Waals surface area contributed by atoms with Crippen LogP contribution in [-0.4, -0.2) is 54.2 Å². The number of nitrogens with one attached hydrogen (secondary N) is 1. The predicted molar refractivity (Wildman–Crippen MR) is 151 cm³/mol. The Labute approximate surface area is 232 Å². The van der Waals surface area contributed by atoms with Gasteiger partial charge >= 0.3 is 0 Å². The first-order valence-corrected chi connectivity index (χ1v) is 13.3. The number of ether oxygens (including phenoxy) is 3. The molecule has 0 radical (unpaired) electrons. The molecule has 0 unspecified atom stereocenters. The number of para-hydroxylation sites is 2. The Bertz CT molecular complexity index is 1480. The first-order valence-electron chi connectivity index (χ1n) is 13.3. The van der Waals surface area contributed by atoms with E-state index in [1.165, 1.54) is 19.1 Å². The van der Waals surface area contributed by atoms with Crippen molar-refractivity contribution in [3.63, 3.8) is 0 Å². The molecule has 0 saturated heterocycles. The second-order valence-electron chi connectivity index (χ2n) is 9.67. The maximum Gasteiger partial charge on any atom is 0.249 e. The van der Waals surface area contributed by atoms with Crippen molar-refractivity contribution in [3.8, 4) is 17.2 Å². The highest BCUT2D eigenvalue weighted by Gasteiger charge is 2.37. The van der Waals surface area contributed by atoms with Gasteiger partial charge in [0.05, 0.1) is 26.8 Å². The summed E-state index contributed by atoms with van der Waals surface area (Å²) in [7, 11) is 4.64. The zero-order valence-electron chi connectivity index (χ0n) is 22.9. The van der Waals surface area contributed by atoms with Gasteiger partial charge in [0.25, 0.3) is 0 Å². The number of benzene rings is 3. The number of fused-ring (bicyclic) bond motifs is 1. The first-order chi connectivity index (χ1) is 19.5. The van der Waals surface area contributed by atoms with Crippen molar-refractivity contribution >= 4 is 28.5 Å². The minimum Gasteiger partial charge on any atom is -0.497 e. The van der Waals surface area contributed by atoms with Crippen LogP contribution in [0.25, 0.3) is 11.0 Å². The van der Waals surface area contributed by atoms with Crippen molar-refractivity contribution in [2.75, 3.05) is 26.2 Å². The number of carbonyl (C=O) groups excluding carboxylic acids is 2. The molecule has 4 aromatic rings. The number of nitrogens with zero attached hydrogens (tertiary/aromatic N) is 4. The minimum absolute atomic E-state index is 0.0404. The maximum absolute atomic E-state index is 14.3. The zero-order chi connectivity index (χ0) is 28.1. The van der Waals surface area contributed by atoms with Crippen molar-refractivity contribution in [2.24, 2.45) is 0 Å². The molecule has 0 spiro atoms. The van der Waals surface area contributed by atoms with Crippen LogP contribution in [0.3, 0.4) is 0 Å². The highest BCUT2D eigenvalue weighted by Crippen LogP contribution is 2.39. The number of rotatable bonds is 10. The second kappa shape index (κ2) is 12.1. The van der Waals surface area contributed by atoms with Crippen LogP contribution in [0.4, 0.5) is 5.69 Å². The quantitative estimate of drug-likeness (QED) is 0.318. The molecular formula is C30H33N5O5. The van der Waals surface area contributed by atoms with E-state index in [9.17, 15) is 9.59 Å². The molecule has 1 heterocycles. The number of carbonyl (C=O) groups is 2. The molecule has 40 heavy (non-hydrogen) atoms. The van der Waals surface area contributed by atoms with Crippen LogP contribution in [-0.2, 0) is 16.1 Å². The summed E-state index contributed by atoms with van der Waals surface area (Å²) in [5.74, 6) is 0.824. The summed E-state index contributed by atoms with van der Waals surface area (Å²) in [6.07, 6.45) is 3.90. The van der Waals surface area contributed by atoms with Crippen LogP contribution in [0, 0.1) is 0 Å². The minimum atomic E-state index is -1.05. The lowest BCUT2D eigenvalue weighted by Crippen LogP contribution is -2.47. The number of aromatic nitrogens is 3. The normalized spacial score (nSPS) is 14.1. The molecule has 1 fully saturated rings. The number of hydrogen-bond donors (Lipinski definition) is 1. The van der Waals surface area contributed by atoms with Gasteiger partial charge in [-0.05, 0) is 55.3 Å². The van der Waals surface area contributed by atoms with Gasteiger partial charge < -0.3 is 19.5 Å². The molecule has 208 valence electrons. The number of hydrogen-bond acceptors (Lipinski definition) is 7. The molecule has 1 aromatic heterocycles. The van der Waals surface area contributed by atoms with E-state index in [2.05, 4.69) is 15.6 Å². The van der Waals surface area contributed by atoms with E-state index in [-0.39, 0.29) is 24.4 Å². The molecule has 1 N–H and O–H groups in total. The van der Waals surface area contributed by atoms with Crippen molar-refractivity contribution in [3.05, 3.63) is 72.3 Å². The summed E-state index contributed by atoms with van der Waals surface area (Å²) in [6.45, 7) is -0.133. The van der Waals surface area contributed by atoms with Gasteiger partial charge in [-0.25, -0.2) is 4.68 Å². The van der Waals surface area contributed by atoms with Gasteiger partial charge in [0.1, 0.15) is 23.9 Å². The summed E-state index contributed by atoms with van der Waals surface area (Å²) in [5.41, 5.74) is 2.42. The van der Waals surface area contributed by atoms with Crippen molar-refractivity contribution in [2.45, 2.75) is 44.3 Å². The SMILES string of the molecule is COc1ccc(N(C(=O)Cn2nnc3ccccc32)[C@H](C(=O)NC2CCCC2)c2cccc(OC)c2OC)cc1. The Hall–Kier alpha value is -4.60. The lowest BCUT2D eigenvalue weighted by Gasteiger charge is -2.33. The Morgan fingerprint density at radius 3 is 2.40 bits per heavy atom. The molecule has 1 aliphatic carbocycles. The van der Waals surface area contributed by atoms with E-state index in [1.807, 2.05) is 24.3 Å². The predicted octanol–water partition coefficient (Wildman–Crippen LogP) is 4.29. The third kappa shape index (κ3) is 5.42. The van der Waals surface area contributed by atoms with Gasteiger partial charge in [0.15, 0.2) is 11.5 Å². The van der Waals surface area contributed by atoms with Crippen LogP contribution in [0.15, 0.2) is 66.7 Å². The summed E-state index contributed by atoms with van der Waals surface area (Å²) in [5, 5.41) is 11.6. The van der Waals surface area contributed by atoms with Crippen LogP contribution in [0.1, 0.15) is 37.3 Å². The van der Waals surface area contributed by atoms with E-state index in [0.717, 1.165) is 31.2 Å². The number of anilines is 1. The largest absolute Gasteiger partial charge is 0.497 e. The average Bonchev–Trinajstić information content (AvgIpc) is 3.65. The summed E-state index contributed by atoms with van der Waals surface area (Å²) >= 11 is 0. The third-order valence-corrected chi connectivity index (χ3v) is 7.26. The summed E-state index contributed by atoms with van der Waals surface area (Å²) < 4.78 is 18.2. The fourth-order valence-corrected chi connectivity index (χ4v) is 5.29. The van der Waals surface area contributed by atoms with E-state index in [1.54, 1.807) is 54.3 Å². The van der Waals surface area contributed by atoms with Crippen LogP contribution >= 0.6 is 0 Å². The Kier molecular flexibility index (Phi) is 8.14. The zero-order valence-corrected chi connectivity index (χ0v) is 22.9. The lowest BCUT2D eigenvalue weighted by molar-refractivity contribution is -0.127.